The van der Waals surface area contributed by atoms with Gasteiger partial charge in [-0.3, -0.25) is 0 Å². The minimum absolute atomic E-state index is 0.00737. The highest BCUT2D eigenvalue weighted by molar-refractivity contribution is 5.89. The molecule has 4 aromatic rings. The lowest BCUT2D eigenvalue weighted by Crippen LogP contribution is -2.20. The van der Waals surface area contributed by atoms with Crippen LogP contribution in [-0.2, 0) is 19.0 Å². The average molecular weight is 536 g/mol. The number of benzene rings is 3. The summed E-state index contributed by atoms with van der Waals surface area (Å²) in [6.07, 6.45) is 1.83. The molecule has 0 bridgehead atoms. The number of rotatable bonds is 8. The van der Waals surface area contributed by atoms with Gasteiger partial charge in [-0.1, -0.05) is 36.4 Å². The maximum atomic E-state index is 13.2. The van der Waals surface area contributed by atoms with Crippen molar-refractivity contribution >= 4 is 11.0 Å². The molecule has 7 heteroatoms. The molecular formula is C32H32F3NO3. The quantitative estimate of drug-likeness (QED) is 0.188. The first kappa shape index (κ1) is 27.0. The Morgan fingerprint density at radius 1 is 0.923 bits per heavy atom. The second-order valence-electron chi connectivity index (χ2n) is 10.5. The van der Waals surface area contributed by atoms with Gasteiger partial charge in [0.1, 0.15) is 11.3 Å². The second-order valence-corrected chi connectivity index (χ2v) is 10.5. The number of alkyl halides is 3. The molecule has 4 nitrogen and oxygen atoms in total. The summed E-state index contributed by atoms with van der Waals surface area (Å²) in [7, 11) is 0. The Kier molecular flexibility index (Phi) is 7.80. The molecule has 1 aliphatic heterocycles. The molecule has 1 fully saturated rings. The number of phenols is 1. The maximum absolute atomic E-state index is 13.2. The monoisotopic (exact) mass is 535 g/mol. The molecule has 0 radical (unpaired) electrons. The number of hydrogen-bond acceptors (Lipinski definition) is 4. The van der Waals surface area contributed by atoms with Crippen molar-refractivity contribution in [2.45, 2.75) is 51.6 Å². The lowest BCUT2D eigenvalue weighted by atomic mass is 9.92. The van der Waals surface area contributed by atoms with Gasteiger partial charge in [-0.2, -0.15) is 13.2 Å². The smallest absolute Gasteiger partial charge is 0.416 e. The molecule has 0 unspecified atom stereocenters. The summed E-state index contributed by atoms with van der Waals surface area (Å²) in [5.41, 5.74) is 2.88. The molecule has 0 atom stereocenters. The fraction of sp³-hybridized carbons (Fsp3) is 0.344. The zero-order valence-corrected chi connectivity index (χ0v) is 22.0. The van der Waals surface area contributed by atoms with Crippen molar-refractivity contribution in [3.05, 3.63) is 98.9 Å². The highest BCUT2D eigenvalue weighted by Gasteiger charge is 2.30. The van der Waals surface area contributed by atoms with Crippen LogP contribution in [-0.4, -0.2) is 29.6 Å². The molecule has 0 saturated carbocycles. The van der Waals surface area contributed by atoms with Gasteiger partial charge in [0.25, 0.3) is 0 Å². The van der Waals surface area contributed by atoms with E-state index >= 15 is 0 Å². The third-order valence-corrected chi connectivity index (χ3v) is 7.63. The Morgan fingerprint density at radius 2 is 1.59 bits per heavy atom. The molecule has 0 amide bonds. The van der Waals surface area contributed by atoms with Crippen molar-refractivity contribution in [2.24, 2.45) is 0 Å². The SMILES string of the molecule is Cc1cc2c(Cc3ccc(CCCCN4CCCC4)cc3)c(-c3ccc(C(F)(F)F)cc3)c(=O)oc2cc1O. The molecule has 1 aliphatic rings. The number of unbranched alkanes of at least 4 members (excludes halogenated alkanes) is 1. The van der Waals surface area contributed by atoms with Crippen LogP contribution in [0.25, 0.3) is 22.1 Å². The first-order valence-corrected chi connectivity index (χ1v) is 13.5. The third-order valence-electron chi connectivity index (χ3n) is 7.63. The number of hydrogen-bond donors (Lipinski definition) is 1. The zero-order chi connectivity index (χ0) is 27.6. The highest BCUT2D eigenvalue weighted by atomic mass is 19.4. The number of aryl methyl sites for hydroxylation is 2. The van der Waals surface area contributed by atoms with Gasteiger partial charge >= 0.3 is 11.8 Å². The van der Waals surface area contributed by atoms with Gasteiger partial charge < -0.3 is 14.4 Å². The van der Waals surface area contributed by atoms with E-state index in [-0.39, 0.29) is 16.9 Å². The van der Waals surface area contributed by atoms with E-state index in [1.54, 1.807) is 13.0 Å². The first-order valence-electron chi connectivity index (χ1n) is 13.5. The number of nitrogens with zero attached hydrogens (tertiary/aromatic N) is 1. The molecule has 5 rings (SSSR count). The molecule has 0 spiro atoms. The number of likely N-dealkylation sites (tertiary alicyclic amines) is 1. The molecule has 1 saturated heterocycles. The minimum Gasteiger partial charge on any atom is -0.508 e. The molecule has 1 aromatic heterocycles. The van der Waals surface area contributed by atoms with Gasteiger partial charge in [-0.05, 0) is 111 Å². The van der Waals surface area contributed by atoms with Crippen molar-refractivity contribution in [3.63, 3.8) is 0 Å². The van der Waals surface area contributed by atoms with Crippen LogP contribution in [0.2, 0.25) is 0 Å². The van der Waals surface area contributed by atoms with Crippen LogP contribution in [0.3, 0.4) is 0 Å². The van der Waals surface area contributed by atoms with Crippen molar-refractivity contribution < 1.29 is 22.7 Å². The Bertz CT molecular complexity index is 1500. The average Bonchev–Trinajstić information content (AvgIpc) is 3.42. The van der Waals surface area contributed by atoms with Crippen LogP contribution < -0.4 is 5.63 Å². The number of phenolic OH excluding ortho intramolecular Hbond substituents is 1. The van der Waals surface area contributed by atoms with E-state index in [1.165, 1.54) is 56.1 Å². The molecule has 39 heavy (non-hydrogen) atoms. The van der Waals surface area contributed by atoms with E-state index in [0.717, 1.165) is 37.1 Å². The van der Waals surface area contributed by atoms with Crippen molar-refractivity contribution in [1.29, 1.82) is 0 Å². The van der Waals surface area contributed by atoms with Crippen LogP contribution in [0.15, 0.2) is 69.9 Å². The summed E-state index contributed by atoms with van der Waals surface area (Å²) < 4.78 is 45.0. The van der Waals surface area contributed by atoms with E-state index in [4.69, 9.17) is 4.42 Å². The minimum atomic E-state index is -4.47. The number of halogens is 3. The Labute approximate surface area is 225 Å². The summed E-state index contributed by atoms with van der Waals surface area (Å²) in [5, 5.41) is 10.8. The van der Waals surface area contributed by atoms with E-state index in [1.807, 2.05) is 12.1 Å². The lowest BCUT2D eigenvalue weighted by molar-refractivity contribution is -0.137. The number of fused-ring (bicyclic) bond motifs is 1. The Hall–Kier alpha value is -3.58. The van der Waals surface area contributed by atoms with E-state index in [9.17, 15) is 23.1 Å². The summed E-state index contributed by atoms with van der Waals surface area (Å²) in [5.74, 6) is 0.00737. The number of aromatic hydroxyl groups is 1. The van der Waals surface area contributed by atoms with Gasteiger partial charge in [-0.25, -0.2) is 4.79 Å². The summed E-state index contributed by atoms with van der Waals surface area (Å²) in [4.78, 5) is 15.7. The van der Waals surface area contributed by atoms with E-state index in [2.05, 4.69) is 17.0 Å². The van der Waals surface area contributed by atoms with Crippen LogP contribution in [0.5, 0.6) is 5.75 Å². The standard InChI is InChI=1S/C32H32F3NO3/c1-21-18-26-27(19-23-9-7-22(8-10-23)6-2-3-15-36-16-4-5-17-36)30(31(38)39-29(26)20-28(21)37)24-11-13-25(14-12-24)32(33,34)35/h7-14,18,20,37H,2-6,15-17,19H2,1H3. The topological polar surface area (TPSA) is 53.7 Å². The largest absolute Gasteiger partial charge is 0.508 e. The highest BCUT2D eigenvalue weighted by Crippen LogP contribution is 2.35. The van der Waals surface area contributed by atoms with E-state index in [0.29, 0.717) is 28.5 Å². The van der Waals surface area contributed by atoms with Gasteiger partial charge in [-0.15, -0.1) is 0 Å². The Morgan fingerprint density at radius 3 is 2.26 bits per heavy atom. The van der Waals surface area contributed by atoms with Crippen LogP contribution >= 0.6 is 0 Å². The lowest BCUT2D eigenvalue weighted by Gasteiger charge is -2.15. The summed E-state index contributed by atoms with van der Waals surface area (Å²) >= 11 is 0. The third kappa shape index (κ3) is 6.19. The second kappa shape index (κ2) is 11.3. The molecule has 3 aromatic carbocycles. The van der Waals surface area contributed by atoms with Gasteiger partial charge in [0.15, 0.2) is 0 Å². The predicted molar refractivity (Wildman–Crippen MR) is 147 cm³/mol. The molecule has 2 heterocycles. The van der Waals surface area contributed by atoms with Crippen molar-refractivity contribution in [1.82, 2.24) is 4.90 Å². The normalized spacial score (nSPS) is 14.4. The molecule has 1 N–H and O–H groups in total. The maximum Gasteiger partial charge on any atom is 0.416 e. The molecule has 0 aliphatic carbocycles. The first-order chi connectivity index (χ1) is 18.7. The van der Waals surface area contributed by atoms with E-state index < -0.39 is 17.4 Å². The van der Waals surface area contributed by atoms with Crippen LogP contribution in [0.1, 0.15) is 53.5 Å². The van der Waals surface area contributed by atoms with Gasteiger partial charge in [0, 0.05) is 11.5 Å². The van der Waals surface area contributed by atoms with Crippen molar-refractivity contribution in [2.75, 3.05) is 19.6 Å². The molecule has 204 valence electrons. The van der Waals surface area contributed by atoms with Crippen LogP contribution in [0, 0.1) is 6.92 Å². The van der Waals surface area contributed by atoms with Crippen LogP contribution in [0.4, 0.5) is 13.2 Å². The fourth-order valence-corrected chi connectivity index (χ4v) is 5.41. The van der Waals surface area contributed by atoms with Gasteiger partial charge in [0.05, 0.1) is 11.1 Å². The van der Waals surface area contributed by atoms with Crippen molar-refractivity contribution in [3.8, 4) is 16.9 Å². The summed E-state index contributed by atoms with van der Waals surface area (Å²) in [6, 6.07) is 16.0. The Balaban J connectivity index is 1.44. The van der Waals surface area contributed by atoms with Gasteiger partial charge in [0.2, 0.25) is 0 Å². The zero-order valence-electron chi connectivity index (χ0n) is 22.0. The predicted octanol–water partition coefficient (Wildman–Crippen LogP) is 7.50. The summed E-state index contributed by atoms with van der Waals surface area (Å²) in [6.45, 7) is 5.34. The fourth-order valence-electron chi connectivity index (χ4n) is 5.41. The molecular weight excluding hydrogens is 503 g/mol.